The smallest absolute Gasteiger partial charge is 0.0561 e. The molecule has 0 saturated carbocycles. The summed E-state index contributed by atoms with van der Waals surface area (Å²) < 4.78 is 0. The van der Waals surface area contributed by atoms with Crippen molar-refractivity contribution in [3.8, 4) is 55.6 Å². The van der Waals surface area contributed by atoms with Gasteiger partial charge in [-0.2, -0.15) is 0 Å². The largest absolute Gasteiger partial charge is 0.334 e. The summed E-state index contributed by atoms with van der Waals surface area (Å²) in [5.74, 6) is 0. The molecule has 580 valence electrons. The van der Waals surface area contributed by atoms with Crippen LogP contribution < -0.4 is 29.4 Å². The Bertz CT molecular complexity index is 6780. The first kappa shape index (κ1) is 74.8. The number of allylic oxidation sites excluding steroid dienone is 1. The molecule has 6 nitrogen and oxygen atoms in total. The highest BCUT2D eigenvalue weighted by molar-refractivity contribution is 5.99. The molecule has 0 fully saturated rings. The molecule has 0 spiro atoms. The Morgan fingerprint density at radius 3 is 0.770 bits per heavy atom. The van der Waals surface area contributed by atoms with Crippen molar-refractivity contribution < 1.29 is 0 Å². The molecule has 19 aromatic carbocycles. The highest BCUT2D eigenvalue weighted by Gasteiger charge is 2.26. The van der Waals surface area contributed by atoms with Gasteiger partial charge in [-0.25, -0.2) is 0 Å². The molecular formula is C116H86N6. The predicted octanol–water partition coefficient (Wildman–Crippen LogP) is 32.4. The number of para-hydroxylation sites is 5. The second-order valence-electron chi connectivity index (χ2n) is 30.8. The van der Waals surface area contributed by atoms with E-state index in [0.29, 0.717) is 0 Å². The summed E-state index contributed by atoms with van der Waals surface area (Å²) in [5, 5.41) is 4.94. The van der Waals surface area contributed by atoms with Gasteiger partial charge in [0.2, 0.25) is 0 Å². The summed E-state index contributed by atoms with van der Waals surface area (Å²) in [6, 6.07) is 175. The number of hydrogen-bond acceptors (Lipinski definition) is 6. The zero-order valence-electron chi connectivity index (χ0n) is 67.4. The van der Waals surface area contributed by atoms with E-state index in [9.17, 15) is 0 Å². The normalized spacial score (nSPS) is 12.3. The van der Waals surface area contributed by atoms with Crippen molar-refractivity contribution in [2.24, 2.45) is 0 Å². The minimum Gasteiger partial charge on any atom is -0.334 e. The van der Waals surface area contributed by atoms with E-state index >= 15 is 0 Å². The van der Waals surface area contributed by atoms with Crippen LogP contribution in [0.3, 0.4) is 0 Å². The minimum absolute atomic E-state index is 0.00764. The second kappa shape index (κ2) is 34.3. The first-order valence-corrected chi connectivity index (χ1v) is 41.9. The third kappa shape index (κ3) is 15.6. The molecule has 1 unspecified atom stereocenters. The highest BCUT2D eigenvalue weighted by atomic mass is 15.2. The Hall–Kier alpha value is -16.0. The molecule has 122 heavy (non-hydrogen) atoms. The van der Waals surface area contributed by atoms with E-state index < -0.39 is 0 Å². The van der Waals surface area contributed by atoms with Crippen LogP contribution in [0.5, 0.6) is 0 Å². The lowest BCUT2D eigenvalue weighted by molar-refractivity contribution is 0.777. The topological polar surface area (TPSA) is 19.4 Å². The van der Waals surface area contributed by atoms with Crippen LogP contribution in [-0.2, 0) is 0 Å². The van der Waals surface area contributed by atoms with Crippen LogP contribution >= 0.6 is 0 Å². The molecule has 1 atom stereocenters. The summed E-state index contributed by atoms with van der Waals surface area (Å²) in [5.41, 5.74) is 30.0. The van der Waals surface area contributed by atoms with Gasteiger partial charge in [0.25, 0.3) is 0 Å². The van der Waals surface area contributed by atoms with Gasteiger partial charge in [0.05, 0.1) is 6.04 Å². The standard InChI is InChI=1S/C116H86N6/c1-7-26-85(27-8-1)86-48-60-102(61-49-86)121(109-78-76-108(77-79-109)119(98-39-15-5-16-40-98)107-74-72-106(73-75-107)117(95-33-9-2-10-34-95)96-35-11-3-12-36-96)110-80-82-111(83-81-110)122(99-41-17-6-18-42-99)112-43-23-32-94(84-112)89-54-66-103(67-55-89)120(105-70-58-93(59-71-105)116-47-25-31-91-29-20-22-45-114(91)116)101-64-52-88(53-65-101)87-50-62-100(63-51-87)118(97-37-13-4-14-38-97)104-68-56-92(57-69-104)115-46-24-30-90-28-19-21-44-113(90)115/h1-78,80-84,109H,79H2. The van der Waals surface area contributed by atoms with Crippen LogP contribution in [0, 0.1) is 0 Å². The fraction of sp³-hybridized carbons (Fsp3) is 0.0172. The number of hydrogen-bond donors (Lipinski definition) is 0. The van der Waals surface area contributed by atoms with Crippen LogP contribution in [0.4, 0.5) is 91.0 Å². The molecule has 1 aliphatic rings. The molecule has 0 aliphatic heterocycles. The summed E-state index contributed by atoms with van der Waals surface area (Å²) in [7, 11) is 0. The third-order valence-electron chi connectivity index (χ3n) is 23.3. The van der Waals surface area contributed by atoms with E-state index in [1.165, 1.54) is 54.9 Å². The van der Waals surface area contributed by atoms with Crippen LogP contribution in [0.15, 0.2) is 509 Å². The molecule has 0 heterocycles. The Morgan fingerprint density at radius 2 is 0.410 bits per heavy atom. The first-order chi connectivity index (χ1) is 60.5. The van der Waals surface area contributed by atoms with Crippen molar-refractivity contribution in [1.29, 1.82) is 0 Å². The molecule has 1 aliphatic carbocycles. The van der Waals surface area contributed by atoms with Gasteiger partial charge in [0.15, 0.2) is 0 Å². The Kier molecular flexibility index (Phi) is 21.0. The quantitative estimate of drug-likeness (QED) is 0.0631. The van der Waals surface area contributed by atoms with Crippen LogP contribution in [0.25, 0.3) is 77.2 Å². The second-order valence-corrected chi connectivity index (χ2v) is 30.8. The molecule has 0 saturated heterocycles. The number of benzene rings is 19. The van der Waals surface area contributed by atoms with E-state index in [2.05, 4.69) is 533 Å². The average molecular weight is 1560 g/mol. The van der Waals surface area contributed by atoms with Gasteiger partial charge >= 0.3 is 0 Å². The maximum Gasteiger partial charge on any atom is 0.0561 e. The fourth-order valence-electron chi connectivity index (χ4n) is 17.3. The average Bonchev–Trinajstić information content (AvgIpc) is 0.770. The van der Waals surface area contributed by atoms with Crippen LogP contribution in [-0.4, -0.2) is 6.04 Å². The Balaban J connectivity index is 0.594. The number of fused-ring (bicyclic) bond motifs is 2. The van der Waals surface area contributed by atoms with Crippen LogP contribution in [0.1, 0.15) is 6.42 Å². The van der Waals surface area contributed by atoms with Gasteiger partial charge in [-0.3, -0.25) is 0 Å². The molecule has 0 amide bonds. The molecule has 0 aromatic heterocycles. The third-order valence-corrected chi connectivity index (χ3v) is 23.3. The summed E-state index contributed by atoms with van der Waals surface area (Å²) in [4.78, 5) is 14.3. The number of rotatable bonds is 23. The Labute approximate surface area is 714 Å². The fourth-order valence-corrected chi connectivity index (χ4v) is 17.3. The molecule has 0 bridgehead atoms. The lowest BCUT2D eigenvalue weighted by Crippen LogP contribution is -2.31. The zero-order chi connectivity index (χ0) is 81.3. The van der Waals surface area contributed by atoms with Crippen LogP contribution in [0.2, 0.25) is 0 Å². The summed E-state index contributed by atoms with van der Waals surface area (Å²) in [6.45, 7) is 0. The lowest BCUT2D eigenvalue weighted by atomic mass is 9.98. The van der Waals surface area contributed by atoms with Gasteiger partial charge in [-0.15, -0.1) is 0 Å². The van der Waals surface area contributed by atoms with Gasteiger partial charge in [0, 0.05) is 96.7 Å². The van der Waals surface area contributed by atoms with E-state index in [1.54, 1.807) is 0 Å². The first-order valence-electron chi connectivity index (χ1n) is 41.9. The molecule has 20 rings (SSSR count). The molecule has 0 radical (unpaired) electrons. The van der Waals surface area contributed by atoms with Crippen molar-refractivity contribution in [2.45, 2.75) is 12.5 Å². The predicted molar refractivity (Wildman–Crippen MR) is 517 cm³/mol. The Morgan fingerprint density at radius 1 is 0.172 bits per heavy atom. The summed E-state index contributed by atoms with van der Waals surface area (Å²) in [6.07, 6.45) is 7.85. The van der Waals surface area contributed by atoms with Gasteiger partial charge < -0.3 is 29.4 Å². The number of nitrogens with zero attached hydrogens (tertiary/aromatic N) is 6. The minimum atomic E-state index is -0.00764. The maximum atomic E-state index is 2.49. The van der Waals surface area contributed by atoms with E-state index in [-0.39, 0.29) is 6.04 Å². The van der Waals surface area contributed by atoms with Crippen molar-refractivity contribution in [1.82, 2.24) is 0 Å². The zero-order valence-corrected chi connectivity index (χ0v) is 67.4. The lowest BCUT2D eigenvalue weighted by Gasteiger charge is -2.35. The van der Waals surface area contributed by atoms with Gasteiger partial charge in [-0.1, -0.05) is 303 Å². The van der Waals surface area contributed by atoms with Crippen molar-refractivity contribution >= 4 is 113 Å². The van der Waals surface area contributed by atoms with E-state index in [0.717, 1.165) is 125 Å². The molecular weight excluding hydrogens is 1480 g/mol. The van der Waals surface area contributed by atoms with Crippen molar-refractivity contribution in [3.05, 3.63) is 509 Å². The van der Waals surface area contributed by atoms with E-state index in [1.807, 2.05) is 0 Å². The monoisotopic (exact) mass is 1560 g/mol. The highest BCUT2D eigenvalue weighted by Crippen LogP contribution is 2.46. The number of anilines is 16. The van der Waals surface area contributed by atoms with Crippen molar-refractivity contribution in [2.75, 3.05) is 29.4 Å². The summed E-state index contributed by atoms with van der Waals surface area (Å²) >= 11 is 0. The SMILES string of the molecule is C1=CC(N(c2ccc(-c3ccccc3)cc2)c2ccc(N(c3ccccc3)c3cccc(-c4ccc(N(c5ccc(-c6ccc(N(c7ccccc7)c7ccc(-c8cccc9ccccc89)cc7)cc6)cc5)c5ccc(-c6cccc7ccccc67)cc5)cc4)c3)cc2)CC=C1N(c1ccccc1)c1ccc(N(c2ccccc2)c2ccccc2)cc1. The maximum absolute atomic E-state index is 2.49. The van der Waals surface area contributed by atoms with Crippen molar-refractivity contribution in [3.63, 3.8) is 0 Å². The van der Waals surface area contributed by atoms with Gasteiger partial charge in [-0.05, 0) is 284 Å². The molecule has 6 heteroatoms. The van der Waals surface area contributed by atoms with E-state index in [4.69, 9.17) is 0 Å². The van der Waals surface area contributed by atoms with Gasteiger partial charge in [0.1, 0.15) is 0 Å². The molecule has 19 aromatic rings. The molecule has 0 N–H and O–H groups in total.